The van der Waals surface area contributed by atoms with Crippen LogP contribution in [-0.4, -0.2) is 28.3 Å². The molecule has 1 amide bonds. The molecule has 204 valence electrons. The zero-order chi connectivity index (χ0) is 28.5. The van der Waals surface area contributed by atoms with Crippen LogP contribution in [0.4, 0.5) is 10.1 Å². The third kappa shape index (κ3) is 6.69. The Bertz CT molecular complexity index is 1460. The molecule has 1 aliphatic carbocycles. The van der Waals surface area contributed by atoms with Crippen molar-refractivity contribution in [2.24, 2.45) is 11.1 Å². The van der Waals surface area contributed by atoms with E-state index in [1.807, 2.05) is 0 Å². The van der Waals surface area contributed by atoms with Gasteiger partial charge >= 0.3 is 0 Å². The maximum absolute atomic E-state index is 14.8. The second-order valence-corrected chi connectivity index (χ2v) is 11.7. The Kier molecular flexibility index (Phi) is 9.14. The van der Waals surface area contributed by atoms with E-state index in [9.17, 15) is 14.0 Å². The summed E-state index contributed by atoms with van der Waals surface area (Å²) in [4.78, 5) is 31.1. The fourth-order valence-electron chi connectivity index (χ4n) is 4.26. The smallest absolute Gasteiger partial charge is 0.231 e. The van der Waals surface area contributed by atoms with Crippen LogP contribution in [0.2, 0.25) is 15.1 Å². The molecule has 0 aliphatic heterocycles. The highest BCUT2D eigenvalue weighted by molar-refractivity contribution is 6.53. The van der Waals surface area contributed by atoms with E-state index in [1.54, 1.807) is 44.2 Å². The molecule has 0 saturated heterocycles. The third-order valence-corrected chi connectivity index (χ3v) is 7.97. The normalized spacial score (nSPS) is 18.0. The molecule has 3 aromatic carbocycles. The first-order valence-corrected chi connectivity index (χ1v) is 13.7. The SMILES string of the molecule is CCO/N=C(\C)c1ccc(CC(=O)c2cc(NC(=O)C3C(c4cc(Cl)cc(Cl)c4)C3(Cl)Cl)ccc2Cl)c(F)c1. The first kappa shape index (κ1) is 29.6. The minimum absolute atomic E-state index is 0.129. The lowest BCUT2D eigenvalue weighted by Gasteiger charge is -2.10. The van der Waals surface area contributed by atoms with E-state index in [0.29, 0.717) is 39.2 Å². The van der Waals surface area contributed by atoms with E-state index in [0.717, 1.165) is 0 Å². The van der Waals surface area contributed by atoms with Crippen molar-refractivity contribution in [3.63, 3.8) is 0 Å². The Morgan fingerprint density at radius 3 is 2.36 bits per heavy atom. The van der Waals surface area contributed by atoms with Crippen LogP contribution < -0.4 is 5.32 Å². The second-order valence-electron chi connectivity index (χ2n) is 9.02. The number of halogens is 6. The standard InChI is InChI=1S/C28H22Cl5FN2O3/c1-3-39-36-14(2)15-4-5-16(23(34)10-15)11-24(37)21-13-20(6-7-22(21)31)35-27(38)26-25(28(26,32)33)17-8-18(29)12-19(30)9-17/h4-10,12-13,25-26H,3,11H2,1-2H3,(H,35,38)/b36-14+. The summed E-state index contributed by atoms with van der Waals surface area (Å²) in [5, 5.41) is 7.59. The molecule has 5 nitrogen and oxygen atoms in total. The van der Waals surface area contributed by atoms with Crippen molar-refractivity contribution < 1.29 is 18.8 Å². The van der Waals surface area contributed by atoms with Crippen LogP contribution >= 0.6 is 58.0 Å². The number of ketones is 1. The van der Waals surface area contributed by atoms with Gasteiger partial charge in [0.2, 0.25) is 5.91 Å². The van der Waals surface area contributed by atoms with Crippen LogP contribution in [0, 0.1) is 11.7 Å². The van der Waals surface area contributed by atoms with Gasteiger partial charge in [0.1, 0.15) is 16.8 Å². The number of rotatable bonds is 9. The summed E-state index contributed by atoms with van der Waals surface area (Å²) in [7, 11) is 0. The van der Waals surface area contributed by atoms with Crippen molar-refractivity contribution in [1.82, 2.24) is 0 Å². The largest absolute Gasteiger partial charge is 0.396 e. The number of carbonyl (C=O) groups is 2. The molecule has 0 heterocycles. The Balaban J connectivity index is 1.48. The molecular weight excluding hydrogens is 609 g/mol. The number of alkyl halides is 2. The molecule has 2 atom stereocenters. The minimum Gasteiger partial charge on any atom is -0.396 e. The van der Waals surface area contributed by atoms with Crippen molar-refractivity contribution in [3.05, 3.63) is 97.7 Å². The van der Waals surface area contributed by atoms with E-state index >= 15 is 0 Å². The van der Waals surface area contributed by atoms with Crippen molar-refractivity contribution in [2.75, 3.05) is 11.9 Å². The molecule has 3 aromatic rings. The predicted molar refractivity (Wildman–Crippen MR) is 155 cm³/mol. The summed E-state index contributed by atoms with van der Waals surface area (Å²) in [6, 6.07) is 13.8. The quantitative estimate of drug-likeness (QED) is 0.112. The van der Waals surface area contributed by atoms with Gasteiger partial charge in [-0.05, 0) is 67.4 Å². The van der Waals surface area contributed by atoms with E-state index in [-0.39, 0.29) is 22.6 Å². The zero-order valence-electron chi connectivity index (χ0n) is 20.7. The van der Waals surface area contributed by atoms with Crippen molar-refractivity contribution in [1.29, 1.82) is 0 Å². The van der Waals surface area contributed by atoms with Gasteiger partial charge in [-0.15, -0.1) is 23.2 Å². The Labute approximate surface area is 250 Å². The molecule has 0 bridgehead atoms. The number of hydrogen-bond acceptors (Lipinski definition) is 4. The molecule has 11 heteroatoms. The number of anilines is 1. The summed E-state index contributed by atoms with van der Waals surface area (Å²) in [5.74, 6) is -2.75. The molecule has 4 rings (SSSR count). The number of nitrogens with one attached hydrogen (secondary N) is 1. The van der Waals surface area contributed by atoms with Gasteiger partial charge in [0.15, 0.2) is 5.78 Å². The first-order chi connectivity index (χ1) is 18.4. The van der Waals surface area contributed by atoms with Gasteiger partial charge in [-0.2, -0.15) is 0 Å². The summed E-state index contributed by atoms with van der Waals surface area (Å²) in [5.41, 5.74) is 2.31. The van der Waals surface area contributed by atoms with Gasteiger partial charge < -0.3 is 10.2 Å². The van der Waals surface area contributed by atoms with Gasteiger partial charge in [0.25, 0.3) is 0 Å². The van der Waals surface area contributed by atoms with Gasteiger partial charge in [-0.1, -0.05) is 52.1 Å². The van der Waals surface area contributed by atoms with E-state index in [4.69, 9.17) is 62.8 Å². The van der Waals surface area contributed by atoms with Crippen LogP contribution in [0.15, 0.2) is 59.8 Å². The predicted octanol–water partition coefficient (Wildman–Crippen LogP) is 8.50. The zero-order valence-corrected chi connectivity index (χ0v) is 24.5. The van der Waals surface area contributed by atoms with Crippen molar-refractivity contribution in [3.8, 4) is 0 Å². The first-order valence-electron chi connectivity index (χ1n) is 11.8. The third-order valence-electron chi connectivity index (χ3n) is 6.27. The number of amides is 1. The van der Waals surface area contributed by atoms with E-state index in [2.05, 4.69) is 10.5 Å². The number of hydrogen-bond donors (Lipinski definition) is 1. The monoisotopic (exact) mass is 628 g/mol. The summed E-state index contributed by atoms with van der Waals surface area (Å²) in [6.45, 7) is 3.88. The van der Waals surface area contributed by atoms with Crippen molar-refractivity contribution in [2.45, 2.75) is 30.5 Å². The molecule has 39 heavy (non-hydrogen) atoms. The molecule has 2 unspecified atom stereocenters. The number of oxime groups is 1. The minimum atomic E-state index is -1.36. The highest BCUT2D eigenvalue weighted by atomic mass is 35.5. The molecule has 0 spiro atoms. The summed E-state index contributed by atoms with van der Waals surface area (Å²) in [6.07, 6.45) is -0.239. The van der Waals surface area contributed by atoms with Crippen LogP contribution in [-0.2, 0) is 16.1 Å². The number of nitrogens with zero attached hydrogens (tertiary/aromatic N) is 1. The van der Waals surface area contributed by atoms with Crippen LogP contribution in [0.1, 0.15) is 46.8 Å². The second kappa shape index (κ2) is 12.0. The molecule has 1 saturated carbocycles. The van der Waals surface area contributed by atoms with Crippen molar-refractivity contribution >= 4 is 81.1 Å². The maximum Gasteiger partial charge on any atom is 0.231 e. The van der Waals surface area contributed by atoms with Crippen LogP contribution in [0.3, 0.4) is 0 Å². The Morgan fingerprint density at radius 2 is 1.72 bits per heavy atom. The lowest BCUT2D eigenvalue weighted by molar-refractivity contribution is -0.117. The maximum atomic E-state index is 14.8. The lowest BCUT2D eigenvalue weighted by atomic mass is 10.00. The number of benzene rings is 3. The fraction of sp³-hybridized carbons (Fsp3) is 0.250. The summed E-state index contributed by atoms with van der Waals surface area (Å²) < 4.78 is 13.4. The fourth-order valence-corrected chi connectivity index (χ4v) is 5.85. The molecule has 0 aromatic heterocycles. The van der Waals surface area contributed by atoms with Gasteiger partial charge in [-0.3, -0.25) is 9.59 Å². The topological polar surface area (TPSA) is 67.8 Å². The Morgan fingerprint density at radius 1 is 1.03 bits per heavy atom. The Hall–Kier alpha value is -2.35. The average Bonchev–Trinajstić information content (AvgIpc) is 3.46. The molecule has 1 aliphatic rings. The highest BCUT2D eigenvalue weighted by Crippen LogP contribution is 2.65. The van der Waals surface area contributed by atoms with E-state index in [1.165, 1.54) is 24.3 Å². The van der Waals surface area contributed by atoms with Crippen LogP contribution in [0.25, 0.3) is 0 Å². The van der Waals surface area contributed by atoms with Gasteiger partial charge in [-0.25, -0.2) is 4.39 Å². The number of carbonyl (C=O) groups excluding carboxylic acids is 2. The highest BCUT2D eigenvalue weighted by Gasteiger charge is 2.67. The summed E-state index contributed by atoms with van der Waals surface area (Å²) >= 11 is 31.3. The average molecular weight is 631 g/mol. The number of Topliss-reactive ketones (excluding diaryl/α,β-unsaturated/α-hetero) is 1. The van der Waals surface area contributed by atoms with E-state index < -0.39 is 33.7 Å². The molecule has 1 fully saturated rings. The molecule has 0 radical (unpaired) electrons. The van der Waals surface area contributed by atoms with Gasteiger partial charge in [0, 0.05) is 39.2 Å². The van der Waals surface area contributed by atoms with Crippen LogP contribution in [0.5, 0.6) is 0 Å². The molecular formula is C28H22Cl5FN2O3. The van der Waals surface area contributed by atoms with Gasteiger partial charge in [0.05, 0.1) is 16.7 Å². The lowest BCUT2D eigenvalue weighted by Crippen LogP contribution is -2.17. The molecule has 1 N–H and O–H groups in total.